The van der Waals surface area contributed by atoms with Crippen LogP contribution in [-0.4, -0.2) is 0 Å². The van der Waals surface area contributed by atoms with Crippen molar-refractivity contribution >= 4 is 17.3 Å². The summed E-state index contributed by atoms with van der Waals surface area (Å²) in [5, 5.41) is 0.689. The van der Waals surface area contributed by atoms with Crippen LogP contribution in [0.15, 0.2) is 12.1 Å². The van der Waals surface area contributed by atoms with Gasteiger partial charge >= 0.3 is 0 Å². The lowest BCUT2D eigenvalue weighted by atomic mass is 9.87. The van der Waals surface area contributed by atoms with Crippen LogP contribution in [-0.2, 0) is 6.42 Å². The van der Waals surface area contributed by atoms with Gasteiger partial charge in [0.2, 0.25) is 0 Å². The number of nitrogens with two attached hydrogens (primary N) is 2. The van der Waals surface area contributed by atoms with Gasteiger partial charge in [0, 0.05) is 16.8 Å². The van der Waals surface area contributed by atoms with Gasteiger partial charge in [-0.15, -0.1) is 0 Å². The number of anilines is 1. The van der Waals surface area contributed by atoms with Crippen molar-refractivity contribution in [1.82, 2.24) is 0 Å². The lowest BCUT2D eigenvalue weighted by Gasteiger charge is -2.23. The topological polar surface area (TPSA) is 52.0 Å². The molecule has 0 fully saturated rings. The van der Waals surface area contributed by atoms with Crippen LogP contribution < -0.4 is 11.5 Å². The third-order valence-electron chi connectivity index (χ3n) is 2.63. The van der Waals surface area contributed by atoms with Crippen molar-refractivity contribution < 1.29 is 0 Å². The predicted octanol–water partition coefficient (Wildman–Crippen LogP) is 2.26. The molecule has 0 bridgehead atoms. The van der Waals surface area contributed by atoms with Gasteiger partial charge in [-0.2, -0.15) is 0 Å². The maximum absolute atomic E-state index is 5.97. The summed E-state index contributed by atoms with van der Waals surface area (Å²) in [5.74, 6) is 0. The smallest absolute Gasteiger partial charge is 0.0429 e. The van der Waals surface area contributed by atoms with Gasteiger partial charge in [0.1, 0.15) is 0 Å². The highest BCUT2D eigenvalue weighted by Gasteiger charge is 2.18. The molecule has 1 aliphatic carbocycles. The van der Waals surface area contributed by atoms with Crippen molar-refractivity contribution in [3.05, 3.63) is 28.3 Å². The van der Waals surface area contributed by atoms with Gasteiger partial charge in [0.25, 0.3) is 0 Å². The molecule has 0 radical (unpaired) electrons. The molecular weight excluding hydrogens is 184 g/mol. The zero-order chi connectivity index (χ0) is 9.42. The molecule has 0 unspecified atom stereocenters. The molecule has 0 saturated carbocycles. The van der Waals surface area contributed by atoms with E-state index in [4.69, 9.17) is 23.1 Å². The van der Waals surface area contributed by atoms with Crippen molar-refractivity contribution in [1.29, 1.82) is 0 Å². The van der Waals surface area contributed by atoms with E-state index < -0.39 is 0 Å². The molecule has 2 rings (SSSR count). The fraction of sp³-hybridized carbons (Fsp3) is 0.400. The maximum atomic E-state index is 5.97. The molecule has 1 aromatic carbocycles. The molecule has 0 aromatic heterocycles. The Kier molecular flexibility index (Phi) is 2.18. The predicted molar refractivity (Wildman–Crippen MR) is 55.7 cm³/mol. The van der Waals surface area contributed by atoms with Crippen molar-refractivity contribution in [2.24, 2.45) is 5.73 Å². The van der Waals surface area contributed by atoms with Crippen LogP contribution in [0, 0.1) is 0 Å². The summed E-state index contributed by atoms with van der Waals surface area (Å²) in [4.78, 5) is 0. The maximum Gasteiger partial charge on any atom is 0.0429 e. The second kappa shape index (κ2) is 3.20. The first kappa shape index (κ1) is 8.85. The third kappa shape index (κ3) is 1.52. The van der Waals surface area contributed by atoms with E-state index in [1.165, 1.54) is 5.56 Å². The van der Waals surface area contributed by atoms with E-state index in [1.807, 2.05) is 6.07 Å². The summed E-state index contributed by atoms with van der Waals surface area (Å²) < 4.78 is 0. The first-order chi connectivity index (χ1) is 6.18. The Hall–Kier alpha value is -0.730. The van der Waals surface area contributed by atoms with Crippen molar-refractivity contribution in [3.63, 3.8) is 0 Å². The molecule has 1 aliphatic rings. The van der Waals surface area contributed by atoms with Gasteiger partial charge in [-0.1, -0.05) is 11.6 Å². The highest BCUT2D eigenvalue weighted by molar-refractivity contribution is 6.31. The van der Waals surface area contributed by atoms with Crippen molar-refractivity contribution in [3.8, 4) is 0 Å². The molecular formula is C10H13ClN2. The molecule has 4 N–H and O–H groups in total. The van der Waals surface area contributed by atoms with E-state index in [-0.39, 0.29) is 6.04 Å². The summed E-state index contributed by atoms with van der Waals surface area (Å²) in [6, 6.07) is 3.86. The lowest BCUT2D eigenvalue weighted by Crippen LogP contribution is -2.18. The van der Waals surface area contributed by atoms with E-state index in [2.05, 4.69) is 0 Å². The number of hydrogen-bond acceptors (Lipinski definition) is 2. The van der Waals surface area contributed by atoms with Gasteiger partial charge in [-0.25, -0.2) is 0 Å². The van der Waals surface area contributed by atoms with Crippen LogP contribution in [0.5, 0.6) is 0 Å². The second-order valence-electron chi connectivity index (χ2n) is 3.56. The zero-order valence-corrected chi connectivity index (χ0v) is 8.14. The Labute approximate surface area is 82.9 Å². The molecule has 3 heteroatoms. The van der Waals surface area contributed by atoms with Crippen LogP contribution >= 0.6 is 11.6 Å². The molecule has 70 valence electrons. The highest BCUT2D eigenvalue weighted by atomic mass is 35.5. The van der Waals surface area contributed by atoms with E-state index in [0.717, 1.165) is 30.5 Å². The number of halogens is 1. The Bertz CT molecular complexity index is 336. The monoisotopic (exact) mass is 196 g/mol. The summed E-state index contributed by atoms with van der Waals surface area (Å²) in [5.41, 5.74) is 15.0. The van der Waals surface area contributed by atoms with Crippen LogP contribution in [0.1, 0.15) is 30.0 Å². The zero-order valence-electron chi connectivity index (χ0n) is 7.39. The van der Waals surface area contributed by atoms with Crippen molar-refractivity contribution in [2.75, 3.05) is 5.73 Å². The molecule has 1 atom stereocenters. The Morgan fingerprint density at radius 1 is 1.38 bits per heavy atom. The van der Waals surface area contributed by atoms with E-state index in [1.54, 1.807) is 6.07 Å². The fourth-order valence-electron chi connectivity index (χ4n) is 1.95. The molecule has 0 aliphatic heterocycles. The largest absolute Gasteiger partial charge is 0.398 e. The van der Waals surface area contributed by atoms with Gasteiger partial charge in [-0.3, -0.25) is 0 Å². The van der Waals surface area contributed by atoms with Gasteiger partial charge in [0.15, 0.2) is 0 Å². The minimum absolute atomic E-state index is 0.116. The molecule has 0 saturated heterocycles. The molecule has 0 spiro atoms. The van der Waals surface area contributed by atoms with Crippen LogP contribution in [0.4, 0.5) is 5.69 Å². The number of rotatable bonds is 0. The highest BCUT2D eigenvalue weighted by Crippen LogP contribution is 2.33. The average Bonchev–Trinajstić information content (AvgIpc) is 2.07. The van der Waals surface area contributed by atoms with Gasteiger partial charge in [-0.05, 0) is 42.5 Å². The summed E-state index contributed by atoms with van der Waals surface area (Å²) >= 11 is 5.91. The molecule has 13 heavy (non-hydrogen) atoms. The number of benzene rings is 1. The Morgan fingerprint density at radius 2 is 2.15 bits per heavy atom. The quantitative estimate of drug-likeness (QED) is 0.626. The third-order valence-corrected chi connectivity index (χ3v) is 2.84. The van der Waals surface area contributed by atoms with E-state index in [9.17, 15) is 0 Å². The fourth-order valence-corrected chi connectivity index (χ4v) is 2.19. The molecule has 0 heterocycles. The number of nitrogen functional groups attached to an aromatic ring is 1. The minimum Gasteiger partial charge on any atom is -0.398 e. The summed E-state index contributed by atoms with van der Waals surface area (Å²) in [6.07, 6.45) is 3.19. The van der Waals surface area contributed by atoms with Gasteiger partial charge in [0.05, 0.1) is 0 Å². The second-order valence-corrected chi connectivity index (χ2v) is 4.00. The lowest BCUT2D eigenvalue weighted by molar-refractivity contribution is 0.571. The number of hydrogen-bond donors (Lipinski definition) is 2. The molecule has 1 aromatic rings. The molecule has 0 amide bonds. The standard InChI is InChI=1S/C10H13ClN2/c11-6-4-8-7(10(13)5-6)2-1-3-9(8)12/h4-5,9H,1-3,12-13H2/t9-/m1/s1. The normalized spacial score (nSPS) is 21.2. The van der Waals surface area contributed by atoms with E-state index >= 15 is 0 Å². The van der Waals surface area contributed by atoms with Crippen LogP contribution in [0.25, 0.3) is 0 Å². The average molecular weight is 197 g/mol. The summed E-state index contributed by atoms with van der Waals surface area (Å²) in [7, 11) is 0. The van der Waals surface area contributed by atoms with E-state index in [0.29, 0.717) is 5.02 Å². The molecule has 2 nitrogen and oxygen atoms in total. The first-order valence-corrected chi connectivity index (χ1v) is 4.89. The number of fused-ring (bicyclic) bond motifs is 1. The Balaban J connectivity index is 2.56. The minimum atomic E-state index is 0.116. The van der Waals surface area contributed by atoms with Crippen LogP contribution in [0.3, 0.4) is 0 Å². The SMILES string of the molecule is Nc1cc(Cl)cc2c1CCC[C@H]2N. The van der Waals surface area contributed by atoms with Crippen LogP contribution in [0.2, 0.25) is 5.02 Å². The van der Waals surface area contributed by atoms with Gasteiger partial charge < -0.3 is 11.5 Å². The van der Waals surface area contributed by atoms with Crippen molar-refractivity contribution in [2.45, 2.75) is 25.3 Å². The summed E-state index contributed by atoms with van der Waals surface area (Å²) in [6.45, 7) is 0. The Morgan fingerprint density at radius 3 is 2.92 bits per heavy atom. The first-order valence-electron chi connectivity index (χ1n) is 4.52.